The van der Waals surface area contributed by atoms with E-state index in [0.717, 1.165) is 19.4 Å². The van der Waals surface area contributed by atoms with Crippen molar-refractivity contribution in [2.45, 2.75) is 58.1 Å². The lowest BCUT2D eigenvalue weighted by molar-refractivity contribution is -0.207. The molecule has 1 aliphatic rings. The fraction of sp³-hybridized carbons (Fsp3) is 0.556. The lowest BCUT2D eigenvalue weighted by atomic mass is 10.1. The standard InChI is InChI=1S/C18H27NO/c1-3-5-13-17-14-9-15-19(17)20-18(10-4-2)16-11-7-6-8-12-16/h6-9,11-12,14,17-18H,3-5,10,13,15H2,1-2H3/t17-,18?/m1/s1. The molecule has 2 rings (SSSR count). The van der Waals surface area contributed by atoms with Crippen molar-refractivity contribution in [3.05, 3.63) is 48.0 Å². The van der Waals surface area contributed by atoms with E-state index in [0.29, 0.717) is 6.04 Å². The molecule has 20 heavy (non-hydrogen) atoms. The molecule has 1 aromatic carbocycles. The number of rotatable bonds is 8. The molecule has 0 radical (unpaired) electrons. The summed E-state index contributed by atoms with van der Waals surface area (Å²) in [5.41, 5.74) is 1.29. The van der Waals surface area contributed by atoms with Crippen molar-refractivity contribution in [2.75, 3.05) is 6.54 Å². The smallest absolute Gasteiger partial charge is 0.104 e. The second kappa shape index (κ2) is 8.23. The Morgan fingerprint density at radius 1 is 1.20 bits per heavy atom. The summed E-state index contributed by atoms with van der Waals surface area (Å²) in [6.45, 7) is 5.38. The minimum Gasteiger partial charge on any atom is -0.290 e. The predicted molar refractivity (Wildman–Crippen MR) is 84.3 cm³/mol. The molecule has 0 saturated heterocycles. The number of unbranched alkanes of at least 4 members (excludes halogenated alkanes) is 1. The average molecular weight is 273 g/mol. The van der Waals surface area contributed by atoms with Crippen LogP contribution in [0, 0.1) is 0 Å². The third kappa shape index (κ3) is 4.19. The van der Waals surface area contributed by atoms with Crippen LogP contribution in [0.15, 0.2) is 42.5 Å². The highest BCUT2D eigenvalue weighted by molar-refractivity contribution is 5.17. The van der Waals surface area contributed by atoms with Crippen molar-refractivity contribution in [2.24, 2.45) is 0 Å². The third-order valence-corrected chi connectivity index (χ3v) is 3.85. The molecule has 1 unspecified atom stereocenters. The van der Waals surface area contributed by atoms with Gasteiger partial charge in [0.25, 0.3) is 0 Å². The highest BCUT2D eigenvalue weighted by Gasteiger charge is 2.24. The van der Waals surface area contributed by atoms with Crippen molar-refractivity contribution in [3.8, 4) is 0 Å². The predicted octanol–water partition coefficient (Wildman–Crippen LogP) is 4.89. The van der Waals surface area contributed by atoms with Crippen molar-refractivity contribution in [3.63, 3.8) is 0 Å². The maximum atomic E-state index is 6.32. The van der Waals surface area contributed by atoms with Crippen LogP contribution in [0.25, 0.3) is 0 Å². The van der Waals surface area contributed by atoms with Crippen LogP contribution >= 0.6 is 0 Å². The zero-order valence-corrected chi connectivity index (χ0v) is 12.8. The van der Waals surface area contributed by atoms with Gasteiger partial charge in [-0.3, -0.25) is 4.84 Å². The largest absolute Gasteiger partial charge is 0.290 e. The second-order valence-electron chi connectivity index (χ2n) is 5.53. The first-order valence-corrected chi connectivity index (χ1v) is 8.00. The van der Waals surface area contributed by atoms with Gasteiger partial charge in [0.1, 0.15) is 6.10 Å². The van der Waals surface area contributed by atoms with Gasteiger partial charge < -0.3 is 0 Å². The Bertz CT molecular complexity index is 401. The first kappa shape index (κ1) is 15.3. The monoisotopic (exact) mass is 273 g/mol. The Labute approximate surface area is 123 Å². The minimum atomic E-state index is 0.185. The number of hydroxylamine groups is 2. The normalized spacial score (nSPS) is 20.4. The highest BCUT2D eigenvalue weighted by atomic mass is 16.7. The molecule has 0 N–H and O–H groups in total. The molecule has 2 nitrogen and oxygen atoms in total. The van der Waals surface area contributed by atoms with E-state index < -0.39 is 0 Å². The maximum absolute atomic E-state index is 6.32. The van der Waals surface area contributed by atoms with Gasteiger partial charge in [0, 0.05) is 6.54 Å². The zero-order valence-electron chi connectivity index (χ0n) is 12.8. The molecule has 0 fully saturated rings. The molecule has 0 aromatic heterocycles. The molecule has 0 bridgehead atoms. The van der Waals surface area contributed by atoms with Gasteiger partial charge in [-0.1, -0.05) is 75.6 Å². The van der Waals surface area contributed by atoms with Gasteiger partial charge in [-0.2, -0.15) is 5.06 Å². The molecule has 1 heterocycles. The Balaban J connectivity index is 1.97. The van der Waals surface area contributed by atoms with Crippen LogP contribution in [0.5, 0.6) is 0 Å². The first-order chi connectivity index (χ1) is 9.85. The Morgan fingerprint density at radius 3 is 2.70 bits per heavy atom. The molecular weight excluding hydrogens is 246 g/mol. The number of hydrogen-bond acceptors (Lipinski definition) is 2. The summed E-state index contributed by atoms with van der Waals surface area (Å²) in [5.74, 6) is 0. The first-order valence-electron chi connectivity index (χ1n) is 8.00. The summed E-state index contributed by atoms with van der Waals surface area (Å²) in [4.78, 5) is 6.32. The lowest BCUT2D eigenvalue weighted by Crippen LogP contribution is -2.32. The van der Waals surface area contributed by atoms with E-state index in [2.05, 4.69) is 61.4 Å². The van der Waals surface area contributed by atoms with E-state index >= 15 is 0 Å². The quantitative estimate of drug-likeness (QED) is 0.625. The topological polar surface area (TPSA) is 12.5 Å². The van der Waals surface area contributed by atoms with Gasteiger partial charge in [-0.05, 0) is 18.4 Å². The highest BCUT2D eigenvalue weighted by Crippen LogP contribution is 2.27. The van der Waals surface area contributed by atoms with Crippen LogP contribution < -0.4 is 0 Å². The van der Waals surface area contributed by atoms with Gasteiger partial charge in [0.15, 0.2) is 0 Å². The molecule has 0 amide bonds. The van der Waals surface area contributed by atoms with Gasteiger partial charge >= 0.3 is 0 Å². The molecule has 110 valence electrons. The van der Waals surface area contributed by atoms with E-state index in [9.17, 15) is 0 Å². The van der Waals surface area contributed by atoms with Crippen molar-refractivity contribution in [1.29, 1.82) is 0 Å². The SMILES string of the molecule is CCCC[C@@H]1C=CCN1OC(CCC)c1ccccc1. The number of nitrogens with zero attached hydrogens (tertiary/aromatic N) is 1. The molecule has 2 heteroatoms. The van der Waals surface area contributed by atoms with Crippen molar-refractivity contribution < 1.29 is 4.84 Å². The average Bonchev–Trinajstić information content (AvgIpc) is 2.93. The third-order valence-electron chi connectivity index (χ3n) is 3.85. The Kier molecular flexibility index (Phi) is 6.28. The second-order valence-corrected chi connectivity index (χ2v) is 5.53. The van der Waals surface area contributed by atoms with Gasteiger partial charge in [0.05, 0.1) is 6.04 Å². The van der Waals surface area contributed by atoms with Crippen molar-refractivity contribution >= 4 is 0 Å². The molecule has 0 saturated carbocycles. The summed E-state index contributed by atoms with van der Waals surface area (Å²) in [7, 11) is 0. The van der Waals surface area contributed by atoms with E-state index in [4.69, 9.17) is 4.84 Å². The molecule has 1 aromatic rings. The van der Waals surface area contributed by atoms with Crippen LogP contribution in [-0.4, -0.2) is 17.6 Å². The fourth-order valence-corrected chi connectivity index (χ4v) is 2.70. The number of hydrogen-bond donors (Lipinski definition) is 0. The summed E-state index contributed by atoms with van der Waals surface area (Å²) in [5, 5.41) is 2.17. The fourth-order valence-electron chi connectivity index (χ4n) is 2.70. The van der Waals surface area contributed by atoms with Gasteiger partial charge in [0.2, 0.25) is 0 Å². The van der Waals surface area contributed by atoms with Crippen LogP contribution in [0.4, 0.5) is 0 Å². The van der Waals surface area contributed by atoms with Crippen molar-refractivity contribution in [1.82, 2.24) is 5.06 Å². The van der Waals surface area contributed by atoms with Gasteiger partial charge in [-0.15, -0.1) is 0 Å². The van der Waals surface area contributed by atoms with Crippen LogP contribution in [0.1, 0.15) is 57.6 Å². The van der Waals surface area contributed by atoms with Crippen LogP contribution in [-0.2, 0) is 4.84 Å². The van der Waals surface area contributed by atoms with Crippen LogP contribution in [0.2, 0.25) is 0 Å². The van der Waals surface area contributed by atoms with E-state index in [1.807, 2.05) is 0 Å². The molecule has 1 aliphatic heterocycles. The minimum absolute atomic E-state index is 0.185. The van der Waals surface area contributed by atoms with E-state index in [1.165, 1.54) is 24.8 Å². The van der Waals surface area contributed by atoms with Gasteiger partial charge in [-0.25, -0.2) is 0 Å². The Hall–Kier alpha value is -1.12. The van der Waals surface area contributed by atoms with E-state index in [-0.39, 0.29) is 6.10 Å². The Morgan fingerprint density at radius 2 is 2.00 bits per heavy atom. The molecular formula is C18H27NO. The van der Waals surface area contributed by atoms with Crippen LogP contribution in [0.3, 0.4) is 0 Å². The molecule has 0 aliphatic carbocycles. The summed E-state index contributed by atoms with van der Waals surface area (Å²) in [6, 6.07) is 11.1. The molecule has 0 spiro atoms. The summed E-state index contributed by atoms with van der Waals surface area (Å²) >= 11 is 0. The number of benzene rings is 1. The van der Waals surface area contributed by atoms with E-state index in [1.54, 1.807) is 0 Å². The zero-order chi connectivity index (χ0) is 14.2. The molecule has 2 atom stereocenters. The lowest BCUT2D eigenvalue weighted by Gasteiger charge is -2.29. The summed E-state index contributed by atoms with van der Waals surface area (Å²) in [6.07, 6.45) is 10.6. The maximum Gasteiger partial charge on any atom is 0.104 e. The summed E-state index contributed by atoms with van der Waals surface area (Å²) < 4.78 is 0.